The molecule has 0 radical (unpaired) electrons. The van der Waals surface area contributed by atoms with Crippen molar-refractivity contribution in [2.75, 3.05) is 0 Å². The Bertz CT molecular complexity index is 344. The van der Waals surface area contributed by atoms with Crippen LogP contribution in [0.2, 0.25) is 0 Å². The number of nitrogens with two attached hydrogens (primary N) is 1. The summed E-state index contributed by atoms with van der Waals surface area (Å²) in [6, 6.07) is 2.31. The monoisotopic (exact) mass is 190 g/mol. The van der Waals surface area contributed by atoms with Gasteiger partial charge in [-0.1, -0.05) is 19.9 Å². The first-order valence-electron chi connectivity index (χ1n) is 5.18. The van der Waals surface area contributed by atoms with E-state index < -0.39 is 0 Å². The second-order valence-electron chi connectivity index (χ2n) is 5.12. The van der Waals surface area contributed by atoms with Crippen LogP contribution in [0.4, 0.5) is 0 Å². The lowest BCUT2D eigenvalue weighted by Crippen LogP contribution is -2.15. The second kappa shape index (κ2) is 3.06. The maximum atomic E-state index is 6.20. The van der Waals surface area contributed by atoms with Crippen LogP contribution in [0.15, 0.2) is 18.5 Å². The van der Waals surface area contributed by atoms with E-state index in [2.05, 4.69) is 31.8 Å². The molecule has 2 unspecified atom stereocenters. The predicted octanol–water partition coefficient (Wildman–Crippen LogP) is 2.44. The molecule has 2 heteroatoms. The van der Waals surface area contributed by atoms with Crippen molar-refractivity contribution in [2.24, 2.45) is 17.1 Å². The van der Waals surface area contributed by atoms with Crippen LogP contribution in [-0.4, -0.2) is 4.98 Å². The number of aryl methyl sites for hydroxylation is 1. The SMILES string of the molecule is Cc1cncc(C(N)C2CC2(C)C)c1. The van der Waals surface area contributed by atoms with E-state index in [-0.39, 0.29) is 6.04 Å². The predicted molar refractivity (Wildman–Crippen MR) is 57.8 cm³/mol. The standard InChI is InChI=1S/C12H18N2/c1-8-4-9(7-14-6-8)11(13)10-5-12(10,2)3/h4,6-7,10-11H,5,13H2,1-3H3. The molecule has 2 rings (SSSR count). The molecule has 1 saturated carbocycles. The van der Waals surface area contributed by atoms with Gasteiger partial charge in [0, 0.05) is 18.4 Å². The third-order valence-electron chi connectivity index (χ3n) is 3.30. The van der Waals surface area contributed by atoms with Crippen molar-refractivity contribution in [3.63, 3.8) is 0 Å². The van der Waals surface area contributed by atoms with Crippen molar-refractivity contribution < 1.29 is 0 Å². The van der Waals surface area contributed by atoms with E-state index in [4.69, 9.17) is 5.73 Å². The van der Waals surface area contributed by atoms with Crippen molar-refractivity contribution in [3.8, 4) is 0 Å². The van der Waals surface area contributed by atoms with E-state index >= 15 is 0 Å². The number of rotatable bonds is 2. The molecule has 1 aromatic rings. The smallest absolute Gasteiger partial charge is 0.0344 e. The Kier molecular flexibility index (Phi) is 2.11. The van der Waals surface area contributed by atoms with Gasteiger partial charge in [0.1, 0.15) is 0 Å². The lowest BCUT2D eigenvalue weighted by Gasteiger charge is -2.13. The maximum Gasteiger partial charge on any atom is 0.0344 e. The number of aromatic nitrogens is 1. The number of nitrogens with zero attached hydrogens (tertiary/aromatic N) is 1. The molecule has 14 heavy (non-hydrogen) atoms. The van der Waals surface area contributed by atoms with E-state index in [1.54, 1.807) is 0 Å². The molecule has 2 N–H and O–H groups in total. The van der Waals surface area contributed by atoms with Crippen LogP contribution in [0.1, 0.15) is 37.4 Å². The van der Waals surface area contributed by atoms with Crippen molar-refractivity contribution in [3.05, 3.63) is 29.6 Å². The van der Waals surface area contributed by atoms with Crippen LogP contribution in [-0.2, 0) is 0 Å². The average Bonchev–Trinajstić information content (AvgIpc) is 2.74. The van der Waals surface area contributed by atoms with Crippen LogP contribution < -0.4 is 5.73 Å². The fourth-order valence-corrected chi connectivity index (χ4v) is 2.11. The zero-order chi connectivity index (χ0) is 10.3. The van der Waals surface area contributed by atoms with E-state index in [0.29, 0.717) is 11.3 Å². The molecule has 0 spiro atoms. The first-order chi connectivity index (χ1) is 6.50. The molecule has 2 atom stereocenters. The molecule has 0 aliphatic heterocycles. The Balaban J connectivity index is 2.16. The highest BCUT2D eigenvalue weighted by atomic mass is 14.7. The van der Waals surface area contributed by atoms with Gasteiger partial charge in [0.15, 0.2) is 0 Å². The summed E-state index contributed by atoms with van der Waals surface area (Å²) in [5.74, 6) is 0.631. The van der Waals surface area contributed by atoms with Gasteiger partial charge in [-0.15, -0.1) is 0 Å². The fourth-order valence-electron chi connectivity index (χ4n) is 2.11. The van der Waals surface area contributed by atoms with Gasteiger partial charge in [-0.3, -0.25) is 4.98 Å². The highest BCUT2D eigenvalue weighted by Gasteiger charge is 2.49. The molecule has 0 amide bonds. The zero-order valence-electron chi connectivity index (χ0n) is 9.12. The van der Waals surface area contributed by atoms with Gasteiger partial charge in [-0.2, -0.15) is 0 Å². The van der Waals surface area contributed by atoms with Crippen molar-refractivity contribution in [1.82, 2.24) is 4.98 Å². The van der Waals surface area contributed by atoms with E-state index in [0.717, 1.165) is 0 Å². The minimum Gasteiger partial charge on any atom is -0.324 e. The minimum absolute atomic E-state index is 0.164. The van der Waals surface area contributed by atoms with Crippen LogP contribution in [0, 0.1) is 18.3 Å². The quantitative estimate of drug-likeness (QED) is 0.778. The van der Waals surface area contributed by atoms with Crippen molar-refractivity contribution >= 4 is 0 Å². The summed E-state index contributed by atoms with van der Waals surface area (Å²) in [6.45, 7) is 6.61. The Morgan fingerprint density at radius 3 is 2.64 bits per heavy atom. The molecule has 1 aliphatic rings. The third kappa shape index (κ3) is 1.67. The van der Waals surface area contributed by atoms with Crippen LogP contribution in [0.25, 0.3) is 0 Å². The van der Waals surface area contributed by atoms with Gasteiger partial charge in [0.2, 0.25) is 0 Å². The number of hydrogen-bond acceptors (Lipinski definition) is 2. The van der Waals surface area contributed by atoms with Gasteiger partial charge in [0.05, 0.1) is 0 Å². The summed E-state index contributed by atoms with van der Waals surface area (Å²) in [5.41, 5.74) is 9.01. The molecule has 0 aromatic carbocycles. The number of pyridine rings is 1. The molecule has 0 saturated heterocycles. The summed E-state index contributed by atoms with van der Waals surface area (Å²) >= 11 is 0. The highest BCUT2D eigenvalue weighted by Crippen LogP contribution is 2.56. The van der Waals surface area contributed by atoms with E-state index in [1.165, 1.54) is 17.5 Å². The lowest BCUT2D eigenvalue weighted by molar-refractivity contribution is 0.490. The van der Waals surface area contributed by atoms with Gasteiger partial charge in [-0.05, 0) is 35.8 Å². The number of hydrogen-bond donors (Lipinski definition) is 1. The lowest BCUT2D eigenvalue weighted by atomic mass is 9.98. The molecule has 76 valence electrons. The summed E-state index contributed by atoms with van der Waals surface area (Å²) < 4.78 is 0. The first-order valence-corrected chi connectivity index (χ1v) is 5.18. The zero-order valence-corrected chi connectivity index (χ0v) is 9.12. The Morgan fingerprint density at radius 1 is 1.50 bits per heavy atom. The van der Waals surface area contributed by atoms with E-state index in [1.807, 2.05) is 12.4 Å². The van der Waals surface area contributed by atoms with Crippen molar-refractivity contribution in [1.29, 1.82) is 0 Å². The summed E-state index contributed by atoms with van der Waals surface area (Å²) in [7, 11) is 0. The maximum absolute atomic E-state index is 6.20. The molecule has 1 aromatic heterocycles. The van der Waals surface area contributed by atoms with Gasteiger partial charge < -0.3 is 5.73 Å². The molecule has 1 aliphatic carbocycles. The molecular formula is C12H18N2. The fraction of sp³-hybridized carbons (Fsp3) is 0.583. The largest absolute Gasteiger partial charge is 0.324 e. The average molecular weight is 190 g/mol. The van der Waals surface area contributed by atoms with Crippen LogP contribution >= 0.6 is 0 Å². The second-order valence-corrected chi connectivity index (χ2v) is 5.12. The molecule has 0 bridgehead atoms. The summed E-state index contributed by atoms with van der Waals surface area (Å²) in [5, 5.41) is 0. The van der Waals surface area contributed by atoms with Crippen LogP contribution in [0.5, 0.6) is 0 Å². The summed E-state index contributed by atoms with van der Waals surface area (Å²) in [4.78, 5) is 4.18. The first kappa shape index (κ1) is 9.66. The topological polar surface area (TPSA) is 38.9 Å². The van der Waals surface area contributed by atoms with Gasteiger partial charge in [-0.25, -0.2) is 0 Å². The van der Waals surface area contributed by atoms with Crippen LogP contribution in [0.3, 0.4) is 0 Å². The molecule has 1 fully saturated rings. The molecule has 2 nitrogen and oxygen atoms in total. The van der Waals surface area contributed by atoms with Gasteiger partial charge >= 0.3 is 0 Å². The van der Waals surface area contributed by atoms with Gasteiger partial charge in [0.25, 0.3) is 0 Å². The minimum atomic E-state index is 0.164. The Labute approximate surface area is 85.5 Å². The molecular weight excluding hydrogens is 172 g/mol. The van der Waals surface area contributed by atoms with Crippen molar-refractivity contribution in [2.45, 2.75) is 33.2 Å². The third-order valence-corrected chi connectivity index (χ3v) is 3.30. The Hall–Kier alpha value is -0.890. The normalized spacial score (nSPS) is 25.9. The Morgan fingerprint density at radius 2 is 2.14 bits per heavy atom. The van der Waals surface area contributed by atoms with E-state index in [9.17, 15) is 0 Å². The highest BCUT2D eigenvalue weighted by molar-refractivity contribution is 5.23. The molecule has 1 heterocycles. The summed E-state index contributed by atoms with van der Waals surface area (Å²) in [6.07, 6.45) is 5.00.